The minimum atomic E-state index is -1.18. The summed E-state index contributed by atoms with van der Waals surface area (Å²) in [6.45, 7) is 9.29. The molecule has 0 amide bonds. The van der Waals surface area contributed by atoms with Crippen LogP contribution < -0.4 is 5.56 Å². The number of hydrogen-bond donors (Lipinski definition) is 0. The van der Waals surface area contributed by atoms with Gasteiger partial charge in [0.2, 0.25) is 0 Å². The van der Waals surface area contributed by atoms with Crippen molar-refractivity contribution in [1.82, 2.24) is 9.55 Å². The number of aryl methyl sites for hydroxylation is 2. The highest BCUT2D eigenvalue weighted by molar-refractivity contribution is 7.18. The highest BCUT2D eigenvalue weighted by Crippen LogP contribution is 2.31. The Morgan fingerprint density at radius 3 is 2.50 bits per heavy atom. The second-order valence-electron chi connectivity index (χ2n) is 6.68. The second kappa shape index (κ2) is 6.68. The van der Waals surface area contributed by atoms with Crippen molar-refractivity contribution < 1.29 is 9.53 Å². The van der Waals surface area contributed by atoms with Crippen LogP contribution in [0.3, 0.4) is 0 Å². The third-order valence-electron chi connectivity index (χ3n) is 4.57. The van der Waals surface area contributed by atoms with Crippen LogP contribution in [0.15, 0.2) is 35.1 Å². The predicted octanol–water partition coefficient (Wildman–Crippen LogP) is 4.04. The fourth-order valence-corrected chi connectivity index (χ4v) is 4.01. The Labute approximate surface area is 156 Å². The first kappa shape index (κ1) is 18.3. The molecule has 0 N–H and O–H groups in total. The summed E-state index contributed by atoms with van der Waals surface area (Å²) in [5.41, 5.74) is 0.304. The van der Waals surface area contributed by atoms with Crippen LogP contribution in [-0.4, -0.2) is 22.1 Å². The second-order valence-corrected chi connectivity index (χ2v) is 7.89. The van der Waals surface area contributed by atoms with Gasteiger partial charge in [-0.1, -0.05) is 30.3 Å². The third kappa shape index (κ3) is 2.84. The van der Waals surface area contributed by atoms with Crippen LogP contribution in [0, 0.1) is 13.8 Å². The van der Waals surface area contributed by atoms with Crippen LogP contribution in [0.5, 0.6) is 0 Å². The van der Waals surface area contributed by atoms with Gasteiger partial charge >= 0.3 is 5.97 Å². The number of fused-ring (bicyclic) bond motifs is 1. The van der Waals surface area contributed by atoms with E-state index in [0.717, 1.165) is 16.0 Å². The summed E-state index contributed by atoms with van der Waals surface area (Å²) in [7, 11) is 0. The maximum Gasteiger partial charge on any atom is 0.331 e. The molecular weight excluding hydrogens is 348 g/mol. The summed E-state index contributed by atoms with van der Waals surface area (Å²) in [6, 6.07) is 9.45. The van der Waals surface area contributed by atoms with Crippen LogP contribution in [-0.2, 0) is 15.1 Å². The summed E-state index contributed by atoms with van der Waals surface area (Å²) in [5.74, 6) is 0.0208. The number of rotatable bonds is 4. The zero-order valence-electron chi connectivity index (χ0n) is 15.6. The van der Waals surface area contributed by atoms with Crippen molar-refractivity contribution in [3.8, 4) is 11.4 Å². The average molecular weight is 370 g/mol. The molecule has 0 aliphatic heterocycles. The number of carbonyl (C=O) groups excluding carboxylic acids is 1. The average Bonchev–Trinajstić information content (AvgIpc) is 2.90. The summed E-state index contributed by atoms with van der Waals surface area (Å²) >= 11 is 1.50. The van der Waals surface area contributed by atoms with Gasteiger partial charge in [0.25, 0.3) is 5.56 Å². The van der Waals surface area contributed by atoms with Gasteiger partial charge in [-0.15, -0.1) is 11.3 Å². The molecule has 5 nitrogen and oxygen atoms in total. The molecule has 6 heteroatoms. The van der Waals surface area contributed by atoms with E-state index in [2.05, 4.69) is 0 Å². The Balaban J connectivity index is 2.42. The number of ether oxygens (including phenoxy) is 1. The molecule has 3 rings (SSSR count). The molecule has 26 heavy (non-hydrogen) atoms. The molecule has 0 saturated heterocycles. The Hall–Kier alpha value is -2.47. The molecule has 0 fully saturated rings. The van der Waals surface area contributed by atoms with Crippen LogP contribution in [0.25, 0.3) is 21.6 Å². The van der Waals surface area contributed by atoms with Crippen LogP contribution >= 0.6 is 11.3 Å². The first-order valence-corrected chi connectivity index (χ1v) is 9.36. The lowest BCUT2D eigenvalue weighted by Gasteiger charge is -2.27. The maximum atomic E-state index is 13.4. The van der Waals surface area contributed by atoms with Gasteiger partial charge in [-0.3, -0.25) is 9.36 Å². The number of benzene rings is 1. The molecule has 2 heterocycles. The zero-order valence-corrected chi connectivity index (χ0v) is 16.4. The number of aromatic nitrogens is 2. The molecule has 2 aromatic heterocycles. The van der Waals surface area contributed by atoms with Crippen LogP contribution in [0.4, 0.5) is 0 Å². The number of nitrogens with zero attached hydrogens (tertiary/aromatic N) is 2. The summed E-state index contributed by atoms with van der Waals surface area (Å²) in [4.78, 5) is 32.6. The molecule has 0 radical (unpaired) electrons. The lowest BCUT2D eigenvalue weighted by Crippen LogP contribution is -2.45. The van der Waals surface area contributed by atoms with Gasteiger partial charge in [0.1, 0.15) is 16.2 Å². The maximum absolute atomic E-state index is 13.4. The third-order valence-corrected chi connectivity index (χ3v) is 5.67. The summed E-state index contributed by atoms with van der Waals surface area (Å²) < 4.78 is 6.70. The topological polar surface area (TPSA) is 61.2 Å². The van der Waals surface area contributed by atoms with Crippen molar-refractivity contribution in [2.45, 2.75) is 40.2 Å². The predicted molar refractivity (Wildman–Crippen MR) is 105 cm³/mol. The minimum Gasteiger partial charge on any atom is -0.464 e. The van der Waals surface area contributed by atoms with Gasteiger partial charge in [-0.25, -0.2) is 9.78 Å². The summed E-state index contributed by atoms with van der Waals surface area (Å²) in [5, 5.41) is 0.574. The molecule has 3 aromatic rings. The molecular formula is C20H22N2O3S. The molecule has 0 bridgehead atoms. The molecule has 0 aliphatic rings. The van der Waals surface area contributed by atoms with Gasteiger partial charge in [-0.05, 0) is 40.2 Å². The Morgan fingerprint density at radius 1 is 1.23 bits per heavy atom. The Bertz CT molecular complexity index is 1030. The molecule has 0 saturated carbocycles. The molecule has 1 aromatic carbocycles. The molecule has 136 valence electrons. The molecule has 0 atom stereocenters. The van der Waals surface area contributed by atoms with Crippen molar-refractivity contribution in [3.63, 3.8) is 0 Å². The number of thiophene rings is 1. The Morgan fingerprint density at radius 2 is 1.88 bits per heavy atom. The van der Waals surface area contributed by atoms with Gasteiger partial charge < -0.3 is 4.74 Å². The van der Waals surface area contributed by atoms with Gasteiger partial charge in [0, 0.05) is 10.4 Å². The SMILES string of the molecule is CCOC(=O)C(C)(C)n1c(-c2ccccc2)nc2sc(C)c(C)c2c1=O. The van der Waals surface area contributed by atoms with E-state index < -0.39 is 11.5 Å². The normalized spacial score (nSPS) is 11.7. The van der Waals surface area contributed by atoms with E-state index in [0.29, 0.717) is 16.0 Å². The highest BCUT2D eigenvalue weighted by Gasteiger charge is 2.36. The minimum absolute atomic E-state index is 0.214. The van der Waals surface area contributed by atoms with Crippen molar-refractivity contribution in [2.75, 3.05) is 6.61 Å². The Kier molecular flexibility index (Phi) is 4.71. The molecule has 0 unspecified atom stereocenters. The van der Waals surface area contributed by atoms with Crippen molar-refractivity contribution in [3.05, 3.63) is 51.1 Å². The van der Waals surface area contributed by atoms with Crippen molar-refractivity contribution in [1.29, 1.82) is 0 Å². The zero-order chi connectivity index (χ0) is 19.1. The van der Waals surface area contributed by atoms with Gasteiger partial charge in [0.15, 0.2) is 0 Å². The fraction of sp³-hybridized carbons (Fsp3) is 0.350. The van der Waals surface area contributed by atoms with E-state index in [1.165, 1.54) is 15.9 Å². The van der Waals surface area contributed by atoms with Crippen LogP contribution in [0.1, 0.15) is 31.2 Å². The lowest BCUT2D eigenvalue weighted by atomic mass is 10.0. The fourth-order valence-electron chi connectivity index (χ4n) is 2.99. The first-order valence-electron chi connectivity index (χ1n) is 8.55. The quantitative estimate of drug-likeness (QED) is 0.650. The van der Waals surface area contributed by atoms with E-state index in [4.69, 9.17) is 9.72 Å². The van der Waals surface area contributed by atoms with E-state index in [1.807, 2.05) is 44.2 Å². The van der Waals surface area contributed by atoms with E-state index in [9.17, 15) is 9.59 Å². The monoisotopic (exact) mass is 370 g/mol. The standard InChI is InChI=1S/C20H22N2O3S/c1-6-25-19(24)20(4,5)22-16(14-10-8-7-9-11-14)21-17-15(18(22)23)12(2)13(3)26-17/h7-11H,6H2,1-5H3. The summed E-state index contributed by atoms with van der Waals surface area (Å²) in [6.07, 6.45) is 0. The molecule has 0 aliphatic carbocycles. The van der Waals surface area contributed by atoms with Crippen LogP contribution in [0.2, 0.25) is 0 Å². The molecule has 0 spiro atoms. The number of hydrogen-bond acceptors (Lipinski definition) is 5. The van der Waals surface area contributed by atoms with E-state index in [-0.39, 0.29) is 12.2 Å². The van der Waals surface area contributed by atoms with E-state index in [1.54, 1.807) is 20.8 Å². The van der Waals surface area contributed by atoms with E-state index >= 15 is 0 Å². The smallest absolute Gasteiger partial charge is 0.331 e. The van der Waals surface area contributed by atoms with Crippen molar-refractivity contribution in [2.24, 2.45) is 0 Å². The highest BCUT2D eigenvalue weighted by atomic mass is 32.1. The first-order chi connectivity index (χ1) is 12.3. The lowest BCUT2D eigenvalue weighted by molar-refractivity contribution is -0.152. The van der Waals surface area contributed by atoms with Gasteiger partial charge in [0.05, 0.1) is 12.0 Å². The number of esters is 1. The van der Waals surface area contributed by atoms with Crippen molar-refractivity contribution >= 4 is 27.5 Å². The number of carbonyl (C=O) groups is 1. The largest absolute Gasteiger partial charge is 0.464 e. The van der Waals surface area contributed by atoms with Gasteiger partial charge in [-0.2, -0.15) is 0 Å².